The molecule has 4 rings (SSSR count). The summed E-state index contributed by atoms with van der Waals surface area (Å²) in [5.41, 5.74) is 1.40. The average molecular weight is 286 g/mol. The fraction of sp³-hybridized carbons (Fsp3) is 0.667. The normalized spacial score (nSPS) is 27.1. The molecule has 1 aliphatic carbocycles. The standard InChI is InChI=1S/C18H26N2O/c1-2-4-18-16(3-1)17(9-12-21-18)20-10-7-15(8-11-20)19-13-14-5-6-14/h1-4,14-15,17,19H,5-13H2. The van der Waals surface area contributed by atoms with E-state index in [0.29, 0.717) is 6.04 Å². The molecule has 1 unspecified atom stereocenters. The Bertz CT molecular complexity index is 478. The lowest BCUT2D eigenvalue weighted by atomic mass is 9.95. The van der Waals surface area contributed by atoms with Crippen LogP contribution in [-0.2, 0) is 0 Å². The van der Waals surface area contributed by atoms with Crippen LogP contribution in [0.3, 0.4) is 0 Å². The second-order valence-corrected chi connectivity index (χ2v) is 6.85. The number of fused-ring (bicyclic) bond motifs is 1. The van der Waals surface area contributed by atoms with Gasteiger partial charge in [-0.15, -0.1) is 0 Å². The highest BCUT2D eigenvalue weighted by Crippen LogP contribution is 2.37. The van der Waals surface area contributed by atoms with Crippen LogP contribution in [0.1, 0.15) is 43.7 Å². The molecule has 0 bridgehead atoms. The molecule has 0 aromatic heterocycles. The molecule has 114 valence electrons. The third kappa shape index (κ3) is 3.09. The van der Waals surface area contributed by atoms with E-state index in [4.69, 9.17) is 4.74 Å². The van der Waals surface area contributed by atoms with Gasteiger partial charge in [0.2, 0.25) is 0 Å². The van der Waals surface area contributed by atoms with Gasteiger partial charge in [-0.05, 0) is 44.2 Å². The van der Waals surface area contributed by atoms with Gasteiger partial charge in [-0.25, -0.2) is 0 Å². The summed E-state index contributed by atoms with van der Waals surface area (Å²) in [4.78, 5) is 2.68. The number of ether oxygens (including phenoxy) is 1. The smallest absolute Gasteiger partial charge is 0.124 e. The Labute approximate surface area is 127 Å². The summed E-state index contributed by atoms with van der Waals surface area (Å²) in [5, 5.41) is 3.77. The molecular formula is C18H26N2O. The topological polar surface area (TPSA) is 24.5 Å². The molecule has 2 heterocycles. The Morgan fingerprint density at radius 1 is 1.05 bits per heavy atom. The second-order valence-electron chi connectivity index (χ2n) is 6.85. The molecule has 1 N–H and O–H groups in total. The summed E-state index contributed by atoms with van der Waals surface area (Å²) < 4.78 is 5.80. The van der Waals surface area contributed by atoms with Crippen molar-refractivity contribution >= 4 is 0 Å². The molecule has 0 spiro atoms. The quantitative estimate of drug-likeness (QED) is 0.921. The van der Waals surface area contributed by atoms with E-state index in [-0.39, 0.29) is 0 Å². The van der Waals surface area contributed by atoms with E-state index in [1.165, 1.54) is 50.9 Å². The van der Waals surface area contributed by atoms with E-state index in [1.807, 2.05) is 0 Å². The maximum atomic E-state index is 5.80. The monoisotopic (exact) mass is 286 g/mol. The number of hydrogen-bond acceptors (Lipinski definition) is 3. The number of para-hydroxylation sites is 1. The molecule has 3 nitrogen and oxygen atoms in total. The molecule has 3 heteroatoms. The number of rotatable bonds is 4. The van der Waals surface area contributed by atoms with Gasteiger partial charge in [0.25, 0.3) is 0 Å². The molecular weight excluding hydrogens is 260 g/mol. The summed E-state index contributed by atoms with van der Waals surface area (Å²) in [6.07, 6.45) is 6.63. The lowest BCUT2D eigenvalue weighted by molar-refractivity contribution is 0.107. The number of likely N-dealkylation sites (tertiary alicyclic amines) is 1. The van der Waals surface area contributed by atoms with Crippen molar-refractivity contribution in [1.29, 1.82) is 0 Å². The molecule has 0 radical (unpaired) electrons. The lowest BCUT2D eigenvalue weighted by Gasteiger charge is -2.40. The fourth-order valence-electron chi connectivity index (χ4n) is 3.77. The molecule has 1 aromatic rings. The average Bonchev–Trinajstić information content (AvgIpc) is 3.37. The van der Waals surface area contributed by atoms with E-state index in [1.54, 1.807) is 0 Å². The van der Waals surface area contributed by atoms with Gasteiger partial charge < -0.3 is 10.1 Å². The van der Waals surface area contributed by atoms with E-state index < -0.39 is 0 Å². The van der Waals surface area contributed by atoms with Crippen LogP contribution in [0.25, 0.3) is 0 Å². The zero-order valence-corrected chi connectivity index (χ0v) is 12.8. The zero-order chi connectivity index (χ0) is 14.1. The van der Waals surface area contributed by atoms with Gasteiger partial charge in [0, 0.05) is 37.2 Å². The largest absolute Gasteiger partial charge is 0.493 e. The molecule has 1 aromatic carbocycles. The van der Waals surface area contributed by atoms with Crippen molar-refractivity contribution < 1.29 is 4.74 Å². The van der Waals surface area contributed by atoms with Crippen molar-refractivity contribution in [3.63, 3.8) is 0 Å². The molecule has 21 heavy (non-hydrogen) atoms. The van der Waals surface area contributed by atoms with Crippen LogP contribution in [0.2, 0.25) is 0 Å². The zero-order valence-electron chi connectivity index (χ0n) is 12.8. The number of nitrogens with one attached hydrogen (secondary N) is 1. The summed E-state index contributed by atoms with van der Waals surface area (Å²) in [6, 6.07) is 9.90. The number of benzene rings is 1. The van der Waals surface area contributed by atoms with Crippen LogP contribution in [0, 0.1) is 5.92 Å². The fourth-order valence-corrected chi connectivity index (χ4v) is 3.77. The van der Waals surface area contributed by atoms with Crippen molar-refractivity contribution in [2.45, 2.75) is 44.2 Å². The van der Waals surface area contributed by atoms with E-state index in [0.717, 1.165) is 30.7 Å². The molecule has 1 saturated carbocycles. The minimum absolute atomic E-state index is 0.569. The molecule has 0 amide bonds. The summed E-state index contributed by atoms with van der Waals surface area (Å²) >= 11 is 0. The molecule has 1 saturated heterocycles. The van der Waals surface area contributed by atoms with Crippen LogP contribution in [0.5, 0.6) is 5.75 Å². The summed E-state index contributed by atoms with van der Waals surface area (Å²) in [5.74, 6) is 2.09. The summed E-state index contributed by atoms with van der Waals surface area (Å²) in [7, 11) is 0. The van der Waals surface area contributed by atoms with Gasteiger partial charge in [-0.3, -0.25) is 4.90 Å². The van der Waals surface area contributed by atoms with Crippen molar-refractivity contribution in [2.75, 3.05) is 26.2 Å². The van der Waals surface area contributed by atoms with E-state index in [2.05, 4.69) is 34.5 Å². The Kier molecular flexibility index (Phi) is 3.87. The third-order valence-corrected chi connectivity index (χ3v) is 5.29. The van der Waals surface area contributed by atoms with Crippen LogP contribution in [0.4, 0.5) is 0 Å². The SMILES string of the molecule is c1ccc2c(c1)OCCC2N1CCC(NCC2CC2)CC1. The molecule has 2 fully saturated rings. The molecule has 1 atom stereocenters. The van der Waals surface area contributed by atoms with E-state index >= 15 is 0 Å². The Morgan fingerprint density at radius 2 is 1.86 bits per heavy atom. The van der Waals surface area contributed by atoms with Crippen molar-refractivity contribution in [2.24, 2.45) is 5.92 Å². The van der Waals surface area contributed by atoms with Gasteiger partial charge in [-0.2, -0.15) is 0 Å². The van der Waals surface area contributed by atoms with E-state index in [9.17, 15) is 0 Å². The van der Waals surface area contributed by atoms with Crippen LogP contribution >= 0.6 is 0 Å². The predicted molar refractivity (Wildman–Crippen MR) is 84.6 cm³/mol. The Balaban J connectivity index is 1.35. The van der Waals surface area contributed by atoms with Crippen LogP contribution in [0.15, 0.2) is 24.3 Å². The predicted octanol–water partition coefficient (Wildman–Crippen LogP) is 2.97. The highest BCUT2D eigenvalue weighted by Gasteiger charge is 2.30. The Hall–Kier alpha value is -1.06. The number of nitrogens with zero attached hydrogens (tertiary/aromatic N) is 1. The maximum Gasteiger partial charge on any atom is 0.124 e. The van der Waals surface area contributed by atoms with Gasteiger partial charge in [0.1, 0.15) is 5.75 Å². The minimum atomic E-state index is 0.569. The van der Waals surface area contributed by atoms with Gasteiger partial charge >= 0.3 is 0 Å². The summed E-state index contributed by atoms with van der Waals surface area (Å²) in [6.45, 7) is 4.56. The second kappa shape index (κ2) is 5.98. The first-order valence-electron chi connectivity index (χ1n) is 8.59. The van der Waals surface area contributed by atoms with Crippen LogP contribution < -0.4 is 10.1 Å². The van der Waals surface area contributed by atoms with Crippen molar-refractivity contribution in [1.82, 2.24) is 10.2 Å². The third-order valence-electron chi connectivity index (χ3n) is 5.29. The maximum absolute atomic E-state index is 5.80. The van der Waals surface area contributed by atoms with Crippen LogP contribution in [-0.4, -0.2) is 37.2 Å². The first-order chi connectivity index (χ1) is 10.4. The van der Waals surface area contributed by atoms with Crippen molar-refractivity contribution in [3.05, 3.63) is 29.8 Å². The minimum Gasteiger partial charge on any atom is -0.493 e. The highest BCUT2D eigenvalue weighted by atomic mass is 16.5. The first kappa shape index (κ1) is 13.6. The number of hydrogen-bond donors (Lipinski definition) is 1. The molecule has 2 aliphatic heterocycles. The highest BCUT2D eigenvalue weighted by molar-refractivity contribution is 5.37. The first-order valence-corrected chi connectivity index (χ1v) is 8.59. The van der Waals surface area contributed by atoms with Crippen molar-refractivity contribution in [3.8, 4) is 5.75 Å². The Morgan fingerprint density at radius 3 is 2.67 bits per heavy atom. The van der Waals surface area contributed by atoms with Gasteiger partial charge in [0.15, 0.2) is 0 Å². The molecule has 3 aliphatic rings. The number of piperidine rings is 1. The van der Waals surface area contributed by atoms with Gasteiger partial charge in [0.05, 0.1) is 6.61 Å². The lowest BCUT2D eigenvalue weighted by Crippen LogP contribution is -2.45. The van der Waals surface area contributed by atoms with Gasteiger partial charge in [-0.1, -0.05) is 18.2 Å².